The molecule has 1 saturated carbocycles. The molecular formula is C20H29F3N4O5. The Balaban J connectivity index is 0.000000451. The highest BCUT2D eigenvalue weighted by Crippen LogP contribution is 2.30. The van der Waals surface area contributed by atoms with Gasteiger partial charge in [-0.3, -0.25) is 4.79 Å². The largest absolute Gasteiger partial charge is 0.490 e. The van der Waals surface area contributed by atoms with Crippen LogP contribution in [0.4, 0.5) is 19.0 Å². The number of carboxylic acid groups (broad SMARTS) is 1. The van der Waals surface area contributed by atoms with Gasteiger partial charge in [0.1, 0.15) is 11.9 Å². The summed E-state index contributed by atoms with van der Waals surface area (Å²) in [6.07, 6.45) is 2.14. The van der Waals surface area contributed by atoms with E-state index in [4.69, 9.17) is 19.4 Å². The van der Waals surface area contributed by atoms with E-state index in [2.05, 4.69) is 15.3 Å². The molecule has 2 heterocycles. The van der Waals surface area contributed by atoms with Crippen LogP contribution in [0.15, 0.2) is 12.3 Å². The van der Waals surface area contributed by atoms with Crippen LogP contribution in [-0.4, -0.2) is 78.0 Å². The van der Waals surface area contributed by atoms with E-state index in [9.17, 15) is 18.0 Å². The number of amides is 1. The Bertz CT molecular complexity index is 744. The topological polar surface area (TPSA) is 114 Å². The molecule has 1 unspecified atom stereocenters. The molecule has 0 aromatic carbocycles. The van der Waals surface area contributed by atoms with Crippen LogP contribution < -0.4 is 5.32 Å². The molecule has 0 spiro atoms. The number of alkyl halides is 3. The lowest BCUT2D eigenvalue weighted by molar-refractivity contribution is -0.192. The Kier molecular flexibility index (Phi) is 10.1. The maximum Gasteiger partial charge on any atom is 0.490 e. The highest BCUT2D eigenvalue weighted by atomic mass is 19.4. The van der Waals surface area contributed by atoms with E-state index >= 15 is 0 Å². The van der Waals surface area contributed by atoms with Gasteiger partial charge in [0.05, 0.1) is 19.8 Å². The van der Waals surface area contributed by atoms with Gasteiger partial charge in [0.25, 0.3) is 0 Å². The van der Waals surface area contributed by atoms with E-state index < -0.39 is 12.1 Å². The van der Waals surface area contributed by atoms with E-state index in [0.717, 1.165) is 5.82 Å². The maximum absolute atomic E-state index is 12.8. The van der Waals surface area contributed by atoms with Crippen LogP contribution in [0.5, 0.6) is 0 Å². The Morgan fingerprint density at radius 3 is 2.66 bits per heavy atom. The lowest BCUT2D eigenvalue weighted by atomic mass is 10.0. The van der Waals surface area contributed by atoms with Crippen LogP contribution >= 0.6 is 0 Å². The molecular weight excluding hydrogens is 433 g/mol. The highest BCUT2D eigenvalue weighted by molar-refractivity contribution is 5.77. The number of nitrogens with zero attached hydrogens (tertiary/aromatic N) is 3. The molecule has 180 valence electrons. The van der Waals surface area contributed by atoms with Crippen LogP contribution in [0.1, 0.15) is 44.0 Å². The monoisotopic (exact) mass is 462 g/mol. The Morgan fingerprint density at radius 1 is 1.34 bits per heavy atom. The first-order valence-corrected chi connectivity index (χ1v) is 10.5. The quantitative estimate of drug-likeness (QED) is 0.595. The second kappa shape index (κ2) is 12.5. The van der Waals surface area contributed by atoms with Crippen molar-refractivity contribution in [3.63, 3.8) is 0 Å². The van der Waals surface area contributed by atoms with Gasteiger partial charge in [-0.2, -0.15) is 13.2 Å². The number of carbonyl (C=O) groups is 2. The van der Waals surface area contributed by atoms with E-state index in [1.54, 1.807) is 13.3 Å². The second-order valence-electron chi connectivity index (χ2n) is 7.56. The number of nitrogens with one attached hydrogen (secondary N) is 1. The predicted octanol–water partition coefficient (Wildman–Crippen LogP) is 2.65. The van der Waals surface area contributed by atoms with Crippen molar-refractivity contribution in [2.45, 2.75) is 44.3 Å². The summed E-state index contributed by atoms with van der Waals surface area (Å²) in [4.78, 5) is 32.6. The summed E-state index contributed by atoms with van der Waals surface area (Å²) < 4.78 is 42.4. The average molecular weight is 462 g/mol. The molecule has 2 fully saturated rings. The Labute approximate surface area is 184 Å². The third kappa shape index (κ3) is 8.23. The van der Waals surface area contributed by atoms with Gasteiger partial charge in [-0.15, -0.1) is 0 Å². The first kappa shape index (κ1) is 25.8. The molecule has 0 bridgehead atoms. The van der Waals surface area contributed by atoms with Gasteiger partial charge < -0.3 is 24.8 Å². The molecule has 1 atom stereocenters. The van der Waals surface area contributed by atoms with Crippen LogP contribution in [0.3, 0.4) is 0 Å². The number of hydrogen-bond donors (Lipinski definition) is 2. The molecule has 3 rings (SSSR count). The van der Waals surface area contributed by atoms with Gasteiger partial charge in [0.2, 0.25) is 5.91 Å². The molecule has 1 aromatic heterocycles. The SMILES string of the molecule is COCCNc1ccnc(C2COCCN2C(=O)CC2CCCC2)n1.O=C(O)C(F)(F)F. The van der Waals surface area contributed by atoms with Crippen molar-refractivity contribution in [3.05, 3.63) is 18.1 Å². The zero-order valence-corrected chi connectivity index (χ0v) is 17.9. The van der Waals surface area contributed by atoms with Crippen LogP contribution in [-0.2, 0) is 19.1 Å². The predicted molar refractivity (Wildman–Crippen MR) is 108 cm³/mol. The average Bonchev–Trinajstić information content (AvgIpc) is 3.27. The number of aromatic nitrogens is 2. The third-order valence-corrected chi connectivity index (χ3v) is 5.21. The number of hydrogen-bond acceptors (Lipinski definition) is 7. The fourth-order valence-corrected chi connectivity index (χ4v) is 3.61. The van der Waals surface area contributed by atoms with Gasteiger partial charge in [-0.05, 0) is 24.8 Å². The standard InChI is InChI=1S/C18H28N4O3.C2HF3O2/c1-24-10-8-19-16-6-7-20-18(21-16)15-13-25-11-9-22(15)17(23)12-14-4-2-3-5-14;3-2(4,5)1(6)7/h6-7,14-15H,2-5,8-13H2,1H3,(H,19,20,21);(H,6,7). The molecule has 1 aromatic rings. The summed E-state index contributed by atoms with van der Waals surface area (Å²) in [6.45, 7) is 2.94. The number of carboxylic acids is 1. The van der Waals surface area contributed by atoms with E-state index in [1.165, 1.54) is 25.7 Å². The zero-order chi connectivity index (χ0) is 23.6. The number of ether oxygens (including phenoxy) is 2. The van der Waals surface area contributed by atoms with Crippen molar-refractivity contribution < 1.29 is 37.3 Å². The minimum atomic E-state index is -5.08. The van der Waals surface area contributed by atoms with Crippen molar-refractivity contribution in [1.29, 1.82) is 0 Å². The van der Waals surface area contributed by atoms with Crippen LogP contribution in [0, 0.1) is 5.92 Å². The Morgan fingerprint density at radius 2 is 2.03 bits per heavy atom. The van der Waals surface area contributed by atoms with Crippen molar-refractivity contribution >= 4 is 17.7 Å². The molecule has 32 heavy (non-hydrogen) atoms. The molecule has 1 amide bonds. The lowest BCUT2D eigenvalue weighted by Crippen LogP contribution is -2.44. The van der Waals surface area contributed by atoms with E-state index in [-0.39, 0.29) is 11.9 Å². The minimum Gasteiger partial charge on any atom is -0.475 e. The third-order valence-electron chi connectivity index (χ3n) is 5.21. The van der Waals surface area contributed by atoms with Gasteiger partial charge in [0, 0.05) is 32.8 Å². The number of halogens is 3. The molecule has 1 aliphatic heterocycles. The van der Waals surface area contributed by atoms with Crippen LogP contribution in [0.2, 0.25) is 0 Å². The van der Waals surface area contributed by atoms with Gasteiger partial charge in [-0.25, -0.2) is 14.8 Å². The summed E-state index contributed by atoms with van der Waals surface area (Å²) in [6, 6.07) is 1.62. The zero-order valence-electron chi connectivity index (χ0n) is 17.9. The highest BCUT2D eigenvalue weighted by Gasteiger charge is 2.38. The van der Waals surface area contributed by atoms with E-state index in [0.29, 0.717) is 51.1 Å². The molecule has 2 N–H and O–H groups in total. The molecule has 12 heteroatoms. The first-order valence-electron chi connectivity index (χ1n) is 10.5. The number of anilines is 1. The Hall–Kier alpha value is -2.47. The normalized spacial score (nSPS) is 19.2. The molecule has 0 radical (unpaired) electrons. The van der Waals surface area contributed by atoms with Gasteiger partial charge in [0.15, 0.2) is 5.82 Å². The number of carbonyl (C=O) groups excluding carboxylic acids is 1. The summed E-state index contributed by atoms with van der Waals surface area (Å²) in [7, 11) is 1.67. The smallest absolute Gasteiger partial charge is 0.475 e. The summed E-state index contributed by atoms with van der Waals surface area (Å²) in [5, 5.41) is 10.3. The minimum absolute atomic E-state index is 0.202. The molecule has 2 aliphatic rings. The van der Waals surface area contributed by atoms with Crippen molar-refractivity contribution in [3.8, 4) is 0 Å². The summed E-state index contributed by atoms with van der Waals surface area (Å²) in [5.74, 6) is -0.620. The van der Waals surface area contributed by atoms with E-state index in [1.807, 2.05) is 11.0 Å². The molecule has 1 aliphatic carbocycles. The molecule has 1 saturated heterocycles. The number of morpholine rings is 1. The summed E-state index contributed by atoms with van der Waals surface area (Å²) >= 11 is 0. The number of rotatable bonds is 7. The van der Waals surface area contributed by atoms with Gasteiger partial charge >= 0.3 is 12.1 Å². The summed E-state index contributed by atoms with van der Waals surface area (Å²) in [5.41, 5.74) is 0. The van der Waals surface area contributed by atoms with Crippen molar-refractivity contribution in [2.75, 3.05) is 45.3 Å². The molecule has 9 nitrogen and oxygen atoms in total. The van der Waals surface area contributed by atoms with Crippen LogP contribution in [0.25, 0.3) is 0 Å². The second-order valence-corrected chi connectivity index (χ2v) is 7.56. The fraction of sp³-hybridized carbons (Fsp3) is 0.700. The first-order chi connectivity index (χ1) is 15.2. The van der Waals surface area contributed by atoms with Gasteiger partial charge in [-0.1, -0.05) is 12.8 Å². The number of aliphatic carboxylic acids is 1. The van der Waals surface area contributed by atoms with Crippen molar-refractivity contribution in [2.24, 2.45) is 5.92 Å². The maximum atomic E-state index is 12.8. The fourth-order valence-electron chi connectivity index (χ4n) is 3.61. The van der Waals surface area contributed by atoms with Crippen molar-refractivity contribution in [1.82, 2.24) is 14.9 Å². The number of methoxy groups -OCH3 is 1. The lowest BCUT2D eigenvalue weighted by Gasteiger charge is -2.35.